The second kappa shape index (κ2) is 8.25. The van der Waals surface area contributed by atoms with Gasteiger partial charge in [-0.3, -0.25) is 19.8 Å². The normalized spacial score (nSPS) is 16.3. The Balaban J connectivity index is 1.98. The summed E-state index contributed by atoms with van der Waals surface area (Å²) >= 11 is 1.03. The maximum atomic E-state index is 12.6. The van der Waals surface area contributed by atoms with Gasteiger partial charge in [-0.25, -0.2) is 9.79 Å². The van der Waals surface area contributed by atoms with Crippen LogP contribution >= 0.6 is 11.8 Å². The van der Waals surface area contributed by atoms with E-state index in [9.17, 15) is 24.8 Å². The molecule has 3 rings (SSSR count). The number of nitro benzene ring substituents is 1. The Morgan fingerprint density at radius 1 is 1.33 bits per heavy atom. The molecule has 2 aromatic rings. The molecule has 0 bridgehead atoms. The van der Waals surface area contributed by atoms with Crippen molar-refractivity contribution in [2.45, 2.75) is 0 Å². The molecule has 11 heteroatoms. The Labute approximate surface area is 174 Å². The zero-order valence-corrected chi connectivity index (χ0v) is 16.5. The number of nitrogens with zero attached hydrogens (tertiary/aromatic N) is 3. The van der Waals surface area contributed by atoms with Gasteiger partial charge in [0.2, 0.25) is 5.75 Å². The number of amides is 1. The minimum absolute atomic E-state index is 0.0630. The van der Waals surface area contributed by atoms with Crippen LogP contribution in [0.4, 0.5) is 11.4 Å². The maximum absolute atomic E-state index is 12.6. The molecule has 2 N–H and O–H groups in total. The van der Waals surface area contributed by atoms with Gasteiger partial charge in [0.1, 0.15) is 0 Å². The molecule has 1 fully saturated rings. The zero-order chi connectivity index (χ0) is 22.0. The van der Waals surface area contributed by atoms with E-state index < -0.39 is 22.3 Å². The predicted molar refractivity (Wildman–Crippen MR) is 110 cm³/mol. The van der Waals surface area contributed by atoms with Crippen LogP contribution in [0.25, 0.3) is 6.08 Å². The summed E-state index contributed by atoms with van der Waals surface area (Å²) in [5.41, 5.74) is 0.160. The van der Waals surface area contributed by atoms with E-state index in [0.29, 0.717) is 10.9 Å². The van der Waals surface area contributed by atoms with Crippen molar-refractivity contribution in [2.24, 2.45) is 4.99 Å². The topological polar surface area (TPSA) is 143 Å². The number of methoxy groups -OCH3 is 1. The van der Waals surface area contributed by atoms with Crippen LogP contribution in [0.15, 0.2) is 46.3 Å². The van der Waals surface area contributed by atoms with Crippen molar-refractivity contribution >= 4 is 46.3 Å². The fourth-order valence-corrected chi connectivity index (χ4v) is 3.60. The first-order valence-electron chi connectivity index (χ1n) is 8.36. The first-order chi connectivity index (χ1) is 14.2. The Morgan fingerprint density at radius 3 is 2.70 bits per heavy atom. The molecule has 154 valence electrons. The van der Waals surface area contributed by atoms with Crippen LogP contribution < -0.4 is 4.74 Å². The largest absolute Gasteiger partial charge is 0.500 e. The molecule has 1 heterocycles. The molecule has 2 aromatic carbocycles. The number of ether oxygens (including phenoxy) is 1. The summed E-state index contributed by atoms with van der Waals surface area (Å²) in [6, 6.07) is 8.46. The van der Waals surface area contributed by atoms with Gasteiger partial charge in [-0.05, 0) is 47.7 Å². The molecule has 0 unspecified atom stereocenters. The van der Waals surface area contributed by atoms with Crippen molar-refractivity contribution in [3.63, 3.8) is 0 Å². The lowest BCUT2D eigenvalue weighted by Crippen LogP contribution is -2.23. The van der Waals surface area contributed by atoms with E-state index in [1.807, 2.05) is 0 Å². The quantitative estimate of drug-likeness (QED) is 0.419. The van der Waals surface area contributed by atoms with Crippen molar-refractivity contribution < 1.29 is 29.5 Å². The lowest BCUT2D eigenvalue weighted by molar-refractivity contribution is -0.386. The van der Waals surface area contributed by atoms with Gasteiger partial charge < -0.3 is 14.9 Å². The van der Waals surface area contributed by atoms with E-state index in [0.717, 1.165) is 17.8 Å². The number of aromatic carboxylic acids is 1. The molecule has 0 aromatic heterocycles. The van der Waals surface area contributed by atoms with Gasteiger partial charge >= 0.3 is 11.7 Å². The highest BCUT2D eigenvalue weighted by Gasteiger charge is 2.31. The van der Waals surface area contributed by atoms with E-state index in [4.69, 9.17) is 9.84 Å². The van der Waals surface area contributed by atoms with E-state index in [1.165, 1.54) is 43.3 Å². The number of aliphatic imine (C=N–C) groups is 1. The van der Waals surface area contributed by atoms with Crippen LogP contribution in [-0.2, 0) is 4.79 Å². The van der Waals surface area contributed by atoms with E-state index in [1.54, 1.807) is 12.1 Å². The summed E-state index contributed by atoms with van der Waals surface area (Å²) in [7, 11) is 2.77. The SMILES string of the molecule is COc1cc(C=C2SC(=Nc3cccc(C(=O)O)c3)N(C)C2=O)cc([N+](=O)[O-])c1O. The van der Waals surface area contributed by atoms with Crippen LogP contribution in [0.2, 0.25) is 0 Å². The third kappa shape index (κ3) is 4.10. The number of likely N-dealkylation sites (N-methyl/N-ethyl adjacent to an activating group) is 1. The number of phenolic OH excluding ortho intramolecular Hbond substituents is 1. The highest BCUT2D eigenvalue weighted by molar-refractivity contribution is 8.18. The van der Waals surface area contributed by atoms with Gasteiger partial charge in [0, 0.05) is 13.1 Å². The molecule has 0 spiro atoms. The average molecular weight is 429 g/mol. The molecular formula is C19H15N3O7S. The molecule has 30 heavy (non-hydrogen) atoms. The van der Waals surface area contributed by atoms with E-state index in [2.05, 4.69) is 4.99 Å². The van der Waals surface area contributed by atoms with Crippen molar-refractivity contribution in [1.82, 2.24) is 4.90 Å². The van der Waals surface area contributed by atoms with Crippen molar-refractivity contribution in [3.05, 3.63) is 62.5 Å². The average Bonchev–Trinajstić information content (AvgIpc) is 2.96. The summed E-state index contributed by atoms with van der Waals surface area (Å²) in [4.78, 5) is 39.9. The van der Waals surface area contributed by atoms with Gasteiger partial charge in [-0.1, -0.05) is 6.07 Å². The number of hydrogen-bond acceptors (Lipinski definition) is 8. The number of benzene rings is 2. The Hall–Kier alpha value is -3.86. The number of rotatable bonds is 5. The smallest absolute Gasteiger partial charge is 0.335 e. The van der Waals surface area contributed by atoms with Crippen molar-refractivity contribution in [2.75, 3.05) is 14.2 Å². The third-order valence-electron chi connectivity index (χ3n) is 4.11. The molecule has 1 aliphatic heterocycles. The second-order valence-electron chi connectivity index (χ2n) is 6.07. The summed E-state index contributed by atoms with van der Waals surface area (Å²) in [5, 5.41) is 30.4. The minimum Gasteiger partial charge on any atom is -0.500 e. The standard InChI is InChI=1S/C19H15N3O7S/c1-21-17(24)15(8-10-6-13(22(27)28)16(23)14(7-10)29-2)30-19(21)20-12-5-3-4-11(9-12)18(25)26/h3-9,23H,1-2H3,(H,25,26). The van der Waals surface area contributed by atoms with E-state index in [-0.39, 0.29) is 27.7 Å². The number of nitro groups is 1. The number of carbonyl (C=O) groups excluding carboxylic acids is 1. The molecular weight excluding hydrogens is 414 g/mol. The van der Waals surface area contributed by atoms with Crippen LogP contribution in [0, 0.1) is 10.1 Å². The van der Waals surface area contributed by atoms with E-state index >= 15 is 0 Å². The van der Waals surface area contributed by atoms with Crippen LogP contribution in [0.3, 0.4) is 0 Å². The fourth-order valence-electron chi connectivity index (χ4n) is 2.61. The number of carbonyl (C=O) groups is 2. The molecule has 0 aliphatic carbocycles. The van der Waals surface area contributed by atoms with Crippen molar-refractivity contribution in [1.29, 1.82) is 0 Å². The number of amidine groups is 1. The van der Waals surface area contributed by atoms with Crippen LogP contribution in [-0.4, -0.2) is 51.2 Å². The van der Waals surface area contributed by atoms with Crippen molar-refractivity contribution in [3.8, 4) is 11.5 Å². The Kier molecular flexibility index (Phi) is 5.74. The number of carboxylic acids is 1. The monoisotopic (exact) mass is 429 g/mol. The zero-order valence-electron chi connectivity index (χ0n) is 15.7. The summed E-state index contributed by atoms with van der Waals surface area (Å²) in [6.45, 7) is 0. The molecule has 0 atom stereocenters. The number of carboxylic acid groups (broad SMARTS) is 1. The predicted octanol–water partition coefficient (Wildman–Crippen LogP) is 3.24. The lowest BCUT2D eigenvalue weighted by Gasteiger charge is -2.07. The number of thioether (sulfide) groups is 1. The molecule has 10 nitrogen and oxygen atoms in total. The number of aromatic hydroxyl groups is 1. The fraction of sp³-hybridized carbons (Fsp3) is 0.105. The lowest BCUT2D eigenvalue weighted by atomic mass is 10.1. The number of phenols is 1. The van der Waals surface area contributed by atoms with Crippen LogP contribution in [0.1, 0.15) is 15.9 Å². The highest BCUT2D eigenvalue weighted by Crippen LogP contribution is 2.39. The first kappa shape index (κ1) is 20.9. The second-order valence-corrected chi connectivity index (χ2v) is 7.08. The van der Waals surface area contributed by atoms with Gasteiger partial charge in [-0.15, -0.1) is 0 Å². The third-order valence-corrected chi connectivity index (χ3v) is 5.17. The number of hydrogen-bond donors (Lipinski definition) is 2. The molecule has 1 amide bonds. The molecule has 0 radical (unpaired) electrons. The van der Waals surface area contributed by atoms with Crippen LogP contribution in [0.5, 0.6) is 11.5 Å². The Morgan fingerprint density at radius 2 is 2.07 bits per heavy atom. The summed E-state index contributed by atoms with van der Waals surface area (Å²) < 4.78 is 4.96. The van der Waals surface area contributed by atoms with Gasteiger partial charge in [0.05, 0.1) is 28.2 Å². The maximum Gasteiger partial charge on any atom is 0.335 e. The molecule has 1 aliphatic rings. The summed E-state index contributed by atoms with van der Waals surface area (Å²) in [6.07, 6.45) is 1.43. The van der Waals surface area contributed by atoms with Gasteiger partial charge in [-0.2, -0.15) is 0 Å². The highest BCUT2D eigenvalue weighted by atomic mass is 32.2. The van der Waals surface area contributed by atoms with Gasteiger partial charge in [0.15, 0.2) is 10.9 Å². The first-order valence-corrected chi connectivity index (χ1v) is 9.18. The minimum atomic E-state index is -1.09. The molecule has 0 saturated carbocycles. The summed E-state index contributed by atoms with van der Waals surface area (Å²) in [5.74, 6) is -2.18. The molecule has 1 saturated heterocycles. The Bertz CT molecular complexity index is 1130. The van der Waals surface area contributed by atoms with Gasteiger partial charge in [0.25, 0.3) is 5.91 Å².